The fourth-order valence-corrected chi connectivity index (χ4v) is 3.39. The van der Waals surface area contributed by atoms with Gasteiger partial charge in [0.1, 0.15) is 4.90 Å². The molecule has 3 N–H and O–H groups in total. The first-order valence-electron chi connectivity index (χ1n) is 5.79. The standard InChI is InChI=1S/C12H11NO7S2/c1-7(14)13-10-4-2-3-8-5-9(21(15,16)17)6-11(12(8)10)22(18,19)20/h2-6H,1H3,(H,13,14)(H,15,16,17)(H,18,19,20). The zero-order valence-corrected chi connectivity index (χ0v) is 12.8. The Morgan fingerprint density at radius 2 is 1.68 bits per heavy atom. The number of anilines is 1. The van der Waals surface area contributed by atoms with Crippen LogP contribution in [0.3, 0.4) is 0 Å². The smallest absolute Gasteiger partial charge is 0.295 e. The number of hydrogen-bond donors (Lipinski definition) is 3. The highest BCUT2D eigenvalue weighted by Crippen LogP contribution is 2.32. The molecule has 0 atom stereocenters. The first-order chi connectivity index (χ1) is 10.00. The van der Waals surface area contributed by atoms with Gasteiger partial charge in [-0.2, -0.15) is 16.8 Å². The Morgan fingerprint density at radius 3 is 2.18 bits per heavy atom. The number of nitrogens with one attached hydrogen (secondary N) is 1. The molecule has 0 aliphatic heterocycles. The summed E-state index contributed by atoms with van der Waals surface area (Å²) in [6, 6.07) is 5.88. The number of carbonyl (C=O) groups is 1. The molecular weight excluding hydrogens is 334 g/mol. The predicted molar refractivity (Wildman–Crippen MR) is 77.9 cm³/mol. The Morgan fingerprint density at radius 1 is 1.05 bits per heavy atom. The monoisotopic (exact) mass is 345 g/mol. The largest absolute Gasteiger partial charge is 0.326 e. The quantitative estimate of drug-likeness (QED) is 0.713. The summed E-state index contributed by atoms with van der Waals surface area (Å²) < 4.78 is 63.9. The minimum absolute atomic E-state index is 0.0624. The molecule has 0 fully saturated rings. The van der Waals surface area contributed by atoms with Crippen LogP contribution in [0.2, 0.25) is 0 Å². The van der Waals surface area contributed by atoms with E-state index in [1.54, 1.807) is 0 Å². The van der Waals surface area contributed by atoms with E-state index in [2.05, 4.69) is 5.32 Å². The van der Waals surface area contributed by atoms with Gasteiger partial charge in [-0.3, -0.25) is 13.9 Å². The van der Waals surface area contributed by atoms with Crippen molar-refractivity contribution in [2.24, 2.45) is 0 Å². The fourth-order valence-electron chi connectivity index (χ4n) is 2.01. The molecule has 10 heteroatoms. The summed E-state index contributed by atoms with van der Waals surface area (Å²) in [7, 11) is -9.47. The lowest BCUT2D eigenvalue weighted by Gasteiger charge is -2.11. The predicted octanol–water partition coefficient (Wildman–Crippen LogP) is 1.29. The maximum Gasteiger partial charge on any atom is 0.295 e. The van der Waals surface area contributed by atoms with E-state index in [0.29, 0.717) is 6.07 Å². The number of carbonyl (C=O) groups excluding carboxylic acids is 1. The molecule has 0 saturated carbocycles. The van der Waals surface area contributed by atoms with Crippen LogP contribution in [-0.2, 0) is 25.0 Å². The van der Waals surface area contributed by atoms with Crippen LogP contribution < -0.4 is 5.32 Å². The highest BCUT2D eigenvalue weighted by atomic mass is 32.2. The SMILES string of the molecule is CC(=O)Nc1cccc2cc(S(=O)(=O)O)cc(S(=O)(=O)O)c12. The average Bonchev–Trinajstić information content (AvgIpc) is 2.34. The molecule has 2 rings (SSSR count). The topological polar surface area (TPSA) is 138 Å². The molecule has 0 aliphatic carbocycles. The van der Waals surface area contributed by atoms with Gasteiger partial charge in [0.15, 0.2) is 0 Å². The van der Waals surface area contributed by atoms with Crippen LogP contribution >= 0.6 is 0 Å². The summed E-state index contributed by atoms with van der Waals surface area (Å²) in [6.07, 6.45) is 0. The molecule has 0 bridgehead atoms. The zero-order chi connectivity index (χ0) is 16.7. The maximum atomic E-state index is 11.5. The first-order valence-corrected chi connectivity index (χ1v) is 8.67. The van der Waals surface area contributed by atoms with Crippen molar-refractivity contribution >= 4 is 42.6 Å². The summed E-state index contributed by atoms with van der Waals surface area (Å²) in [5.74, 6) is -0.479. The van der Waals surface area contributed by atoms with Gasteiger partial charge in [0, 0.05) is 18.0 Å². The molecule has 2 aromatic rings. The van der Waals surface area contributed by atoms with Crippen molar-refractivity contribution < 1.29 is 30.7 Å². The number of amides is 1. The molecule has 8 nitrogen and oxygen atoms in total. The Kier molecular flexibility index (Phi) is 3.96. The van der Waals surface area contributed by atoms with E-state index >= 15 is 0 Å². The van der Waals surface area contributed by atoms with Gasteiger partial charge in [-0.1, -0.05) is 12.1 Å². The molecule has 0 unspecified atom stereocenters. The number of hydrogen-bond acceptors (Lipinski definition) is 5. The van der Waals surface area contributed by atoms with Crippen molar-refractivity contribution in [3.05, 3.63) is 30.3 Å². The lowest BCUT2D eigenvalue weighted by Crippen LogP contribution is -2.09. The second-order valence-electron chi connectivity index (χ2n) is 4.46. The zero-order valence-electron chi connectivity index (χ0n) is 11.1. The summed E-state index contributed by atoms with van der Waals surface area (Å²) in [5.41, 5.74) is 0.0829. The number of rotatable bonds is 3. The Balaban J connectivity index is 2.99. The highest BCUT2D eigenvalue weighted by molar-refractivity contribution is 7.86. The molecule has 1 amide bonds. The van der Waals surface area contributed by atoms with Gasteiger partial charge in [0.2, 0.25) is 5.91 Å². The second kappa shape index (κ2) is 5.32. The summed E-state index contributed by atoms with van der Waals surface area (Å²) in [5, 5.41) is 2.44. The lowest BCUT2D eigenvalue weighted by atomic mass is 10.1. The van der Waals surface area contributed by atoms with E-state index in [-0.39, 0.29) is 16.5 Å². The number of benzene rings is 2. The van der Waals surface area contributed by atoms with Crippen LogP contribution in [0.25, 0.3) is 10.8 Å². The molecule has 2 aromatic carbocycles. The Bertz CT molecular complexity index is 978. The average molecular weight is 345 g/mol. The Labute approximate surface area is 126 Å². The van der Waals surface area contributed by atoms with Gasteiger partial charge in [-0.05, 0) is 23.6 Å². The third kappa shape index (κ3) is 3.25. The number of fused-ring (bicyclic) bond motifs is 1. The van der Waals surface area contributed by atoms with Crippen molar-refractivity contribution in [3.63, 3.8) is 0 Å². The van der Waals surface area contributed by atoms with E-state index < -0.39 is 35.9 Å². The van der Waals surface area contributed by atoms with E-state index in [0.717, 1.165) is 6.07 Å². The van der Waals surface area contributed by atoms with E-state index in [1.165, 1.54) is 25.1 Å². The van der Waals surface area contributed by atoms with Crippen LogP contribution in [0.5, 0.6) is 0 Å². The molecule has 0 spiro atoms. The Hall–Kier alpha value is -2.01. The molecular formula is C12H11NO7S2. The molecule has 0 heterocycles. The third-order valence-electron chi connectivity index (χ3n) is 2.80. The molecule has 0 aliphatic rings. The van der Waals surface area contributed by atoms with E-state index in [4.69, 9.17) is 4.55 Å². The fraction of sp³-hybridized carbons (Fsp3) is 0.0833. The summed E-state index contributed by atoms with van der Waals surface area (Å²) >= 11 is 0. The molecule has 118 valence electrons. The van der Waals surface area contributed by atoms with Crippen molar-refractivity contribution in [3.8, 4) is 0 Å². The van der Waals surface area contributed by atoms with Crippen LogP contribution in [0, 0.1) is 0 Å². The molecule has 0 aromatic heterocycles. The van der Waals surface area contributed by atoms with Gasteiger partial charge in [-0.25, -0.2) is 0 Å². The minimum atomic E-state index is -4.80. The van der Waals surface area contributed by atoms with Gasteiger partial charge in [0.05, 0.1) is 4.90 Å². The second-order valence-corrected chi connectivity index (χ2v) is 7.27. The molecule has 0 saturated heterocycles. The minimum Gasteiger partial charge on any atom is -0.326 e. The normalized spacial score (nSPS) is 12.3. The van der Waals surface area contributed by atoms with E-state index in [9.17, 15) is 26.2 Å². The summed E-state index contributed by atoms with van der Waals surface area (Å²) in [6.45, 7) is 1.21. The lowest BCUT2D eigenvalue weighted by molar-refractivity contribution is -0.114. The van der Waals surface area contributed by atoms with Crippen molar-refractivity contribution in [1.29, 1.82) is 0 Å². The van der Waals surface area contributed by atoms with Gasteiger partial charge in [0.25, 0.3) is 20.2 Å². The highest BCUT2D eigenvalue weighted by Gasteiger charge is 2.22. The van der Waals surface area contributed by atoms with E-state index in [1.807, 2.05) is 0 Å². The van der Waals surface area contributed by atoms with Gasteiger partial charge in [-0.15, -0.1) is 0 Å². The first kappa shape index (κ1) is 16.4. The van der Waals surface area contributed by atoms with Crippen molar-refractivity contribution in [2.75, 3.05) is 5.32 Å². The van der Waals surface area contributed by atoms with Crippen LogP contribution in [0.15, 0.2) is 40.1 Å². The maximum absolute atomic E-state index is 11.5. The third-order valence-corrected chi connectivity index (χ3v) is 4.51. The van der Waals surface area contributed by atoms with Gasteiger partial charge < -0.3 is 5.32 Å². The molecule has 0 radical (unpaired) electrons. The van der Waals surface area contributed by atoms with Crippen molar-refractivity contribution in [2.45, 2.75) is 16.7 Å². The van der Waals surface area contributed by atoms with Crippen molar-refractivity contribution in [1.82, 2.24) is 0 Å². The summed E-state index contributed by atoms with van der Waals surface area (Å²) in [4.78, 5) is 9.76. The van der Waals surface area contributed by atoms with Crippen LogP contribution in [0.4, 0.5) is 5.69 Å². The van der Waals surface area contributed by atoms with Crippen LogP contribution in [-0.4, -0.2) is 31.8 Å². The van der Waals surface area contributed by atoms with Crippen LogP contribution in [0.1, 0.15) is 6.92 Å². The molecule has 22 heavy (non-hydrogen) atoms. The van der Waals surface area contributed by atoms with Gasteiger partial charge >= 0.3 is 0 Å².